The van der Waals surface area contributed by atoms with E-state index in [-0.39, 0.29) is 17.9 Å². The number of nitrogens with two attached hydrogens (primary N) is 1. The summed E-state index contributed by atoms with van der Waals surface area (Å²) in [5.41, 5.74) is 5.10. The molecule has 3 N–H and O–H groups in total. The Morgan fingerprint density at radius 2 is 1.95 bits per heavy atom. The van der Waals surface area contributed by atoms with Crippen molar-refractivity contribution in [3.05, 3.63) is 0 Å². The van der Waals surface area contributed by atoms with Crippen molar-refractivity contribution >= 4 is 18.0 Å². The van der Waals surface area contributed by atoms with Gasteiger partial charge < -0.3 is 25.6 Å². The highest BCUT2D eigenvalue weighted by Crippen LogP contribution is 2.16. The Labute approximate surface area is 124 Å². The molecule has 0 saturated carbocycles. The molecule has 0 aromatic heterocycles. The molecule has 1 unspecified atom stereocenters. The molecule has 1 fully saturated rings. The highest BCUT2D eigenvalue weighted by atomic mass is 16.6. The average Bonchev–Trinajstić information content (AvgIpc) is 2.82. The summed E-state index contributed by atoms with van der Waals surface area (Å²) in [6.07, 6.45) is -0.151. The lowest BCUT2D eigenvalue weighted by Crippen LogP contribution is -2.52. The number of primary amides is 1. The van der Waals surface area contributed by atoms with E-state index in [4.69, 9.17) is 10.5 Å². The van der Waals surface area contributed by atoms with E-state index < -0.39 is 18.2 Å². The fourth-order valence-electron chi connectivity index (χ4n) is 2.14. The second-order valence-electron chi connectivity index (χ2n) is 5.70. The molecule has 120 valence electrons. The maximum absolute atomic E-state index is 12.4. The van der Waals surface area contributed by atoms with Crippen LogP contribution in [0.4, 0.5) is 9.59 Å². The van der Waals surface area contributed by atoms with Crippen LogP contribution < -0.4 is 11.1 Å². The number of hydrogen-bond donors (Lipinski definition) is 2. The zero-order valence-corrected chi connectivity index (χ0v) is 13.0. The van der Waals surface area contributed by atoms with Crippen molar-refractivity contribution in [2.45, 2.75) is 32.4 Å². The van der Waals surface area contributed by atoms with Gasteiger partial charge in [0.1, 0.15) is 12.1 Å². The summed E-state index contributed by atoms with van der Waals surface area (Å²) in [4.78, 5) is 37.8. The Morgan fingerprint density at radius 1 is 1.33 bits per heavy atom. The zero-order chi connectivity index (χ0) is 16.2. The molecular formula is C13H24N4O4. The maximum atomic E-state index is 12.4. The van der Waals surface area contributed by atoms with Gasteiger partial charge in [0.15, 0.2) is 0 Å². The number of urea groups is 1. The normalized spacial score (nSPS) is 19.3. The monoisotopic (exact) mass is 300 g/mol. The number of nitrogens with one attached hydrogen (secondary N) is 1. The minimum atomic E-state index is -0.725. The highest BCUT2D eigenvalue weighted by molar-refractivity contribution is 5.87. The number of rotatable bonds is 4. The predicted octanol–water partition coefficient (Wildman–Crippen LogP) is -0.0216. The first-order valence-corrected chi connectivity index (χ1v) is 6.95. The van der Waals surface area contributed by atoms with Crippen LogP contribution in [-0.4, -0.2) is 67.2 Å². The van der Waals surface area contributed by atoms with Crippen molar-refractivity contribution in [3.8, 4) is 0 Å². The molecule has 4 amide bonds. The Morgan fingerprint density at radius 3 is 2.43 bits per heavy atom. The zero-order valence-electron chi connectivity index (χ0n) is 13.0. The van der Waals surface area contributed by atoms with Gasteiger partial charge in [0.2, 0.25) is 5.91 Å². The van der Waals surface area contributed by atoms with Gasteiger partial charge in [-0.2, -0.15) is 0 Å². The Balaban J connectivity index is 2.60. The molecule has 1 saturated heterocycles. The molecule has 1 heterocycles. The lowest BCUT2D eigenvalue weighted by molar-refractivity contribution is -0.133. The minimum absolute atomic E-state index is 0.0756. The van der Waals surface area contributed by atoms with E-state index in [9.17, 15) is 14.4 Å². The fourth-order valence-corrected chi connectivity index (χ4v) is 2.14. The Hall–Kier alpha value is -1.99. The van der Waals surface area contributed by atoms with Gasteiger partial charge >= 0.3 is 12.1 Å². The van der Waals surface area contributed by atoms with Crippen molar-refractivity contribution in [1.82, 2.24) is 15.1 Å². The molecular weight excluding hydrogens is 276 g/mol. The first-order chi connectivity index (χ1) is 9.72. The van der Waals surface area contributed by atoms with Crippen LogP contribution in [0, 0.1) is 5.92 Å². The smallest absolute Gasteiger partial charge is 0.409 e. The lowest BCUT2D eigenvalue weighted by atomic mass is 10.0. The van der Waals surface area contributed by atoms with Gasteiger partial charge in [-0.25, -0.2) is 9.59 Å². The first-order valence-electron chi connectivity index (χ1n) is 6.95. The molecule has 1 rings (SSSR count). The molecule has 0 bridgehead atoms. The van der Waals surface area contributed by atoms with Crippen molar-refractivity contribution in [2.75, 3.05) is 27.2 Å². The molecule has 8 heteroatoms. The third-order valence-corrected chi connectivity index (χ3v) is 3.32. The van der Waals surface area contributed by atoms with Crippen LogP contribution in [0.2, 0.25) is 0 Å². The number of carbonyl (C=O) groups is 3. The van der Waals surface area contributed by atoms with Crippen LogP contribution in [0.15, 0.2) is 0 Å². The van der Waals surface area contributed by atoms with Crippen molar-refractivity contribution < 1.29 is 19.1 Å². The van der Waals surface area contributed by atoms with Crippen LogP contribution in [0.5, 0.6) is 0 Å². The Kier molecular flexibility index (Phi) is 5.80. The van der Waals surface area contributed by atoms with E-state index in [0.717, 1.165) is 0 Å². The molecule has 0 spiro atoms. The summed E-state index contributed by atoms with van der Waals surface area (Å²) < 4.78 is 5.26. The van der Waals surface area contributed by atoms with E-state index in [1.807, 2.05) is 13.8 Å². The van der Waals surface area contributed by atoms with Crippen LogP contribution in [0.3, 0.4) is 0 Å². The van der Waals surface area contributed by atoms with Crippen molar-refractivity contribution in [1.29, 1.82) is 0 Å². The number of nitrogens with zero attached hydrogens (tertiary/aromatic N) is 2. The molecule has 0 aromatic rings. The van der Waals surface area contributed by atoms with Gasteiger partial charge in [-0.3, -0.25) is 4.79 Å². The van der Waals surface area contributed by atoms with Crippen molar-refractivity contribution in [2.24, 2.45) is 11.7 Å². The van der Waals surface area contributed by atoms with Gasteiger partial charge in [0.05, 0.1) is 6.54 Å². The number of amides is 4. The van der Waals surface area contributed by atoms with E-state index in [1.165, 1.54) is 4.90 Å². The van der Waals surface area contributed by atoms with Crippen molar-refractivity contribution in [3.63, 3.8) is 0 Å². The van der Waals surface area contributed by atoms with Crippen LogP contribution >= 0.6 is 0 Å². The first kappa shape index (κ1) is 17.1. The molecule has 8 nitrogen and oxygen atoms in total. The molecule has 2 atom stereocenters. The van der Waals surface area contributed by atoms with Gasteiger partial charge in [0.25, 0.3) is 0 Å². The largest absolute Gasteiger partial charge is 0.444 e. The molecule has 0 aliphatic carbocycles. The van der Waals surface area contributed by atoms with Crippen LogP contribution in [-0.2, 0) is 9.53 Å². The maximum Gasteiger partial charge on any atom is 0.409 e. The number of carbonyl (C=O) groups excluding carboxylic acids is 3. The van der Waals surface area contributed by atoms with E-state index >= 15 is 0 Å². The number of hydrogen-bond acceptors (Lipinski definition) is 4. The summed E-state index contributed by atoms with van der Waals surface area (Å²) in [6, 6.07) is -1.39. The minimum Gasteiger partial charge on any atom is -0.444 e. The molecule has 1 aliphatic rings. The molecule has 0 radical (unpaired) electrons. The van der Waals surface area contributed by atoms with E-state index in [0.29, 0.717) is 19.5 Å². The SMILES string of the molecule is CC(C)[C@H](NC(N)=O)C(=O)N1CCC(OC(=O)N(C)C)C1. The third-order valence-electron chi connectivity index (χ3n) is 3.32. The van der Waals surface area contributed by atoms with Gasteiger partial charge in [-0.1, -0.05) is 13.8 Å². The summed E-state index contributed by atoms with van der Waals surface area (Å²) in [5, 5.41) is 2.46. The lowest BCUT2D eigenvalue weighted by Gasteiger charge is -2.26. The van der Waals surface area contributed by atoms with Gasteiger partial charge in [0, 0.05) is 27.1 Å². The van der Waals surface area contributed by atoms with Crippen LogP contribution in [0.25, 0.3) is 0 Å². The number of ether oxygens (including phenoxy) is 1. The highest BCUT2D eigenvalue weighted by Gasteiger charge is 2.34. The van der Waals surface area contributed by atoms with E-state index in [2.05, 4.69) is 5.32 Å². The molecule has 21 heavy (non-hydrogen) atoms. The summed E-state index contributed by atoms with van der Waals surface area (Å²) in [6.45, 7) is 4.49. The standard InChI is InChI=1S/C13H24N4O4/c1-8(2)10(15-12(14)19)11(18)17-6-5-9(7-17)21-13(20)16(3)4/h8-10H,5-7H2,1-4H3,(H3,14,15,19)/t9?,10-/m0/s1. The van der Waals surface area contributed by atoms with Gasteiger partial charge in [-0.15, -0.1) is 0 Å². The van der Waals surface area contributed by atoms with Crippen LogP contribution in [0.1, 0.15) is 20.3 Å². The number of likely N-dealkylation sites (tertiary alicyclic amines) is 1. The molecule has 0 aromatic carbocycles. The van der Waals surface area contributed by atoms with E-state index in [1.54, 1.807) is 19.0 Å². The summed E-state index contributed by atoms with van der Waals surface area (Å²) in [5.74, 6) is -0.277. The third kappa shape index (κ3) is 4.80. The van der Waals surface area contributed by atoms with Gasteiger partial charge in [-0.05, 0) is 5.92 Å². The average molecular weight is 300 g/mol. The predicted molar refractivity (Wildman–Crippen MR) is 76.5 cm³/mol. The summed E-state index contributed by atoms with van der Waals surface area (Å²) in [7, 11) is 3.21. The molecule has 1 aliphatic heterocycles. The quantitative estimate of drug-likeness (QED) is 0.761. The summed E-state index contributed by atoms with van der Waals surface area (Å²) >= 11 is 0. The fraction of sp³-hybridized carbons (Fsp3) is 0.769. The Bertz CT molecular complexity index is 411. The topological polar surface area (TPSA) is 105 Å². The second-order valence-corrected chi connectivity index (χ2v) is 5.70. The second kappa shape index (κ2) is 7.14.